The van der Waals surface area contributed by atoms with Gasteiger partial charge >= 0.3 is 0 Å². The number of hydrogen-bond acceptors (Lipinski definition) is 2. The fourth-order valence-electron chi connectivity index (χ4n) is 3.04. The summed E-state index contributed by atoms with van der Waals surface area (Å²) in [5, 5.41) is 5.02. The van der Waals surface area contributed by atoms with Crippen LogP contribution < -0.4 is 0 Å². The Morgan fingerprint density at radius 3 is 2.57 bits per heavy atom. The lowest BCUT2D eigenvalue weighted by Crippen LogP contribution is -1.70. The zero-order valence-corrected chi connectivity index (χ0v) is 13.3. The summed E-state index contributed by atoms with van der Waals surface area (Å²) in [7, 11) is 0. The highest BCUT2D eigenvalue weighted by Crippen LogP contribution is 2.43. The van der Waals surface area contributed by atoms with Gasteiger partial charge in [-0.25, -0.2) is 0 Å². The predicted molar refractivity (Wildman–Crippen MR) is 94.3 cm³/mol. The maximum Gasteiger partial charge on any atom is 0.136 e. The number of hydrogen-bond donors (Lipinski definition) is 0. The third-order valence-corrected chi connectivity index (χ3v) is 5.82. The minimum Gasteiger partial charge on any atom is -0.456 e. The molecule has 0 radical (unpaired) electrons. The monoisotopic (exact) mass is 352 g/mol. The third kappa shape index (κ3) is 1.50. The Morgan fingerprint density at radius 2 is 1.62 bits per heavy atom. The second-order valence-corrected chi connectivity index (χ2v) is 7.04. The van der Waals surface area contributed by atoms with Crippen LogP contribution in [0.15, 0.2) is 63.5 Å². The van der Waals surface area contributed by atoms with Crippen molar-refractivity contribution in [2.45, 2.75) is 0 Å². The van der Waals surface area contributed by atoms with Gasteiger partial charge in [0.2, 0.25) is 0 Å². The first kappa shape index (κ1) is 11.8. The third-order valence-electron chi connectivity index (χ3n) is 3.95. The van der Waals surface area contributed by atoms with Gasteiger partial charge in [-0.3, -0.25) is 0 Å². The van der Waals surface area contributed by atoms with Crippen LogP contribution in [0.3, 0.4) is 0 Å². The second-order valence-electron chi connectivity index (χ2n) is 5.13. The molecule has 5 rings (SSSR count). The summed E-state index contributed by atoms with van der Waals surface area (Å²) in [6.07, 6.45) is 0. The maximum absolute atomic E-state index is 6.01. The molecule has 0 bridgehead atoms. The Kier molecular flexibility index (Phi) is 2.29. The van der Waals surface area contributed by atoms with E-state index < -0.39 is 0 Å². The summed E-state index contributed by atoms with van der Waals surface area (Å²) < 4.78 is 9.73. The summed E-state index contributed by atoms with van der Waals surface area (Å²) in [4.78, 5) is 0. The average molecular weight is 353 g/mol. The van der Waals surface area contributed by atoms with Crippen molar-refractivity contribution >= 4 is 69.4 Å². The van der Waals surface area contributed by atoms with Gasteiger partial charge in [-0.15, -0.1) is 11.3 Å². The van der Waals surface area contributed by atoms with Crippen LogP contribution in [0.25, 0.3) is 42.1 Å². The molecule has 5 aromatic rings. The van der Waals surface area contributed by atoms with Crippen molar-refractivity contribution in [3.63, 3.8) is 0 Å². The van der Waals surface area contributed by atoms with Crippen molar-refractivity contribution in [3.05, 3.63) is 59.1 Å². The van der Waals surface area contributed by atoms with E-state index in [1.807, 2.05) is 23.5 Å². The molecule has 0 spiro atoms. The Hall–Kier alpha value is -1.84. The van der Waals surface area contributed by atoms with Crippen LogP contribution in [-0.2, 0) is 0 Å². The molecule has 3 heteroatoms. The van der Waals surface area contributed by atoms with E-state index in [1.54, 1.807) is 0 Å². The van der Waals surface area contributed by atoms with Crippen LogP contribution in [0.5, 0.6) is 0 Å². The van der Waals surface area contributed by atoms with Gasteiger partial charge in [0.25, 0.3) is 0 Å². The lowest BCUT2D eigenvalue weighted by Gasteiger charge is -1.95. The topological polar surface area (TPSA) is 13.1 Å². The van der Waals surface area contributed by atoms with E-state index >= 15 is 0 Å². The highest BCUT2D eigenvalue weighted by molar-refractivity contribution is 9.10. The van der Waals surface area contributed by atoms with E-state index in [4.69, 9.17) is 4.42 Å². The molecular weight excluding hydrogens is 344 g/mol. The highest BCUT2D eigenvalue weighted by atomic mass is 79.9. The van der Waals surface area contributed by atoms with Gasteiger partial charge < -0.3 is 4.42 Å². The minimum absolute atomic E-state index is 0.935. The Morgan fingerprint density at radius 1 is 0.762 bits per heavy atom. The lowest BCUT2D eigenvalue weighted by atomic mass is 10.1. The zero-order chi connectivity index (χ0) is 14.0. The number of furan rings is 1. The molecule has 0 fully saturated rings. The Bertz CT molecular complexity index is 1150. The SMILES string of the molecule is Brc1cccc2oc3ccc4c5ccccc5sc4c3c12. The van der Waals surface area contributed by atoms with E-state index in [0.717, 1.165) is 15.6 Å². The smallest absolute Gasteiger partial charge is 0.136 e. The first-order chi connectivity index (χ1) is 10.3. The molecule has 0 unspecified atom stereocenters. The van der Waals surface area contributed by atoms with Crippen molar-refractivity contribution in [2.24, 2.45) is 0 Å². The van der Waals surface area contributed by atoms with E-state index in [2.05, 4.69) is 58.4 Å². The predicted octanol–water partition coefficient (Wildman–Crippen LogP) is 6.72. The average Bonchev–Trinajstić information content (AvgIpc) is 3.05. The molecule has 0 aliphatic heterocycles. The van der Waals surface area contributed by atoms with Crippen LogP contribution in [0, 0.1) is 0 Å². The number of rotatable bonds is 0. The summed E-state index contributed by atoms with van der Waals surface area (Å²) in [5.74, 6) is 0. The molecule has 2 aromatic heterocycles. The summed E-state index contributed by atoms with van der Waals surface area (Å²) in [5.41, 5.74) is 1.89. The first-order valence-corrected chi connectivity index (χ1v) is 8.35. The molecular formula is C18H9BrOS. The zero-order valence-electron chi connectivity index (χ0n) is 10.9. The standard InChI is InChI=1S/C18H9BrOS/c19-12-5-3-6-13-16(12)17-14(20-13)9-8-11-10-4-1-2-7-15(10)21-18(11)17/h1-9H. The van der Waals surface area contributed by atoms with Gasteiger partial charge in [0.15, 0.2) is 0 Å². The molecule has 0 aliphatic carbocycles. The van der Waals surface area contributed by atoms with Gasteiger partial charge in [-0.05, 0) is 30.3 Å². The fraction of sp³-hybridized carbons (Fsp3) is 0. The molecule has 0 amide bonds. The summed E-state index contributed by atoms with van der Waals surface area (Å²) in [6.45, 7) is 0. The van der Waals surface area contributed by atoms with Crippen molar-refractivity contribution in [1.29, 1.82) is 0 Å². The molecule has 1 nitrogen and oxygen atoms in total. The van der Waals surface area contributed by atoms with Crippen LogP contribution in [0.1, 0.15) is 0 Å². The second kappa shape index (κ2) is 4.09. The molecule has 0 saturated carbocycles. The van der Waals surface area contributed by atoms with Crippen LogP contribution >= 0.6 is 27.3 Å². The van der Waals surface area contributed by atoms with Gasteiger partial charge in [0.05, 0.1) is 0 Å². The van der Waals surface area contributed by atoms with E-state index in [-0.39, 0.29) is 0 Å². The normalized spacial score (nSPS) is 12.0. The number of benzene rings is 3. The van der Waals surface area contributed by atoms with E-state index in [9.17, 15) is 0 Å². The molecule has 0 N–H and O–H groups in total. The Labute approximate surface area is 132 Å². The van der Waals surface area contributed by atoms with Crippen LogP contribution in [0.2, 0.25) is 0 Å². The largest absolute Gasteiger partial charge is 0.456 e. The summed E-state index contributed by atoms with van der Waals surface area (Å²) in [6, 6.07) is 18.9. The molecule has 100 valence electrons. The summed E-state index contributed by atoms with van der Waals surface area (Å²) >= 11 is 5.51. The van der Waals surface area contributed by atoms with Gasteiger partial charge in [-0.1, -0.05) is 40.2 Å². The van der Waals surface area contributed by atoms with Gasteiger partial charge in [0, 0.05) is 35.4 Å². The van der Waals surface area contributed by atoms with Gasteiger partial charge in [-0.2, -0.15) is 0 Å². The van der Waals surface area contributed by atoms with Crippen molar-refractivity contribution in [3.8, 4) is 0 Å². The van der Waals surface area contributed by atoms with E-state index in [1.165, 1.54) is 30.9 Å². The quantitative estimate of drug-likeness (QED) is 0.301. The maximum atomic E-state index is 6.01. The Balaban J connectivity index is 2.15. The number of halogens is 1. The van der Waals surface area contributed by atoms with E-state index in [0.29, 0.717) is 0 Å². The number of thiophene rings is 1. The van der Waals surface area contributed by atoms with Crippen molar-refractivity contribution < 1.29 is 4.42 Å². The minimum atomic E-state index is 0.935. The molecule has 3 aromatic carbocycles. The molecule has 0 saturated heterocycles. The number of fused-ring (bicyclic) bond motifs is 7. The molecule has 21 heavy (non-hydrogen) atoms. The molecule has 0 aliphatic rings. The van der Waals surface area contributed by atoms with Crippen LogP contribution in [0.4, 0.5) is 0 Å². The molecule has 2 heterocycles. The van der Waals surface area contributed by atoms with Gasteiger partial charge in [0.1, 0.15) is 11.2 Å². The van der Waals surface area contributed by atoms with Crippen molar-refractivity contribution in [2.75, 3.05) is 0 Å². The van der Waals surface area contributed by atoms with Crippen molar-refractivity contribution in [1.82, 2.24) is 0 Å². The first-order valence-electron chi connectivity index (χ1n) is 6.74. The molecule has 0 atom stereocenters. The van der Waals surface area contributed by atoms with Crippen LogP contribution in [-0.4, -0.2) is 0 Å². The highest BCUT2D eigenvalue weighted by Gasteiger charge is 2.15. The fourth-order valence-corrected chi connectivity index (χ4v) is 4.84. The lowest BCUT2D eigenvalue weighted by molar-refractivity contribution is 0.669.